The minimum Gasteiger partial charge on any atom is -0.692 e. The molecular weight excluding hydrogens is 276 g/mol. The summed E-state index contributed by atoms with van der Waals surface area (Å²) in [5, 5.41) is 12.2. The number of carbonyl (C=O) groups excluding carboxylic acids is 2. The van der Waals surface area contributed by atoms with E-state index in [1.807, 2.05) is 13.8 Å². The summed E-state index contributed by atoms with van der Waals surface area (Å²) >= 11 is 0. The van der Waals surface area contributed by atoms with Crippen molar-refractivity contribution >= 4 is 12.0 Å². The molecule has 8 heteroatoms. The van der Waals surface area contributed by atoms with E-state index in [0.29, 0.717) is 41.3 Å². The Morgan fingerprint density at radius 1 is 1.33 bits per heavy atom. The normalized spacial score (nSPS) is 10.3. The molecule has 0 spiro atoms. The molecule has 0 bridgehead atoms. The molecule has 21 heavy (non-hydrogen) atoms. The molecule has 1 heterocycles. The Hall–Kier alpha value is -2.25. The first-order valence-electron chi connectivity index (χ1n) is 6.90. The van der Waals surface area contributed by atoms with Gasteiger partial charge in [-0.3, -0.25) is 4.79 Å². The summed E-state index contributed by atoms with van der Waals surface area (Å²) in [4.78, 5) is 27.0. The van der Waals surface area contributed by atoms with Crippen LogP contribution < -0.4 is 10.3 Å². The smallest absolute Gasteiger partial charge is 0.523 e. The maximum Gasteiger partial charge on any atom is 0.523 e. The summed E-state index contributed by atoms with van der Waals surface area (Å²) in [5.74, 6) is -0.218. The molecular formula is C13H22N4O4. The van der Waals surface area contributed by atoms with Crippen LogP contribution in [-0.4, -0.2) is 41.9 Å². The Morgan fingerprint density at radius 2 is 1.90 bits per heavy atom. The fourth-order valence-corrected chi connectivity index (χ4v) is 2.19. The first-order chi connectivity index (χ1) is 9.92. The van der Waals surface area contributed by atoms with Crippen molar-refractivity contribution in [2.45, 2.75) is 34.1 Å². The SMILES string of the molecule is CCc1c(C(=O)N(CC)CC)c(C)n(NC(=O)OC)[n+]1[O-]. The maximum atomic E-state index is 12.5. The van der Waals surface area contributed by atoms with E-state index in [4.69, 9.17) is 0 Å². The zero-order chi connectivity index (χ0) is 16.2. The largest absolute Gasteiger partial charge is 0.692 e. The summed E-state index contributed by atoms with van der Waals surface area (Å²) in [6.07, 6.45) is -0.398. The Kier molecular flexibility index (Phi) is 5.57. The van der Waals surface area contributed by atoms with Crippen molar-refractivity contribution in [1.82, 2.24) is 9.69 Å². The molecule has 0 atom stereocenters. The Morgan fingerprint density at radius 3 is 2.33 bits per heavy atom. The minimum atomic E-state index is -0.776. The first kappa shape index (κ1) is 16.8. The van der Waals surface area contributed by atoms with Crippen LogP contribution in [0.4, 0.5) is 4.79 Å². The van der Waals surface area contributed by atoms with Gasteiger partial charge >= 0.3 is 6.09 Å². The maximum absolute atomic E-state index is 12.5. The molecule has 1 N–H and O–H groups in total. The molecule has 2 amide bonds. The van der Waals surface area contributed by atoms with E-state index in [9.17, 15) is 14.8 Å². The van der Waals surface area contributed by atoms with Gasteiger partial charge in [0.05, 0.1) is 7.11 Å². The molecule has 1 rings (SSSR count). The Labute approximate surface area is 123 Å². The number of hydrogen-bond acceptors (Lipinski definition) is 4. The van der Waals surface area contributed by atoms with Gasteiger partial charge in [-0.05, 0) is 20.8 Å². The molecule has 0 aromatic carbocycles. The topological polar surface area (TPSA) is 90.5 Å². The third kappa shape index (κ3) is 3.09. The lowest BCUT2D eigenvalue weighted by molar-refractivity contribution is -0.695. The highest BCUT2D eigenvalue weighted by Gasteiger charge is 2.29. The molecule has 0 fully saturated rings. The summed E-state index contributed by atoms with van der Waals surface area (Å²) in [7, 11) is 1.20. The van der Waals surface area contributed by atoms with Crippen LogP contribution in [0.15, 0.2) is 0 Å². The summed E-state index contributed by atoms with van der Waals surface area (Å²) in [6, 6.07) is 0. The summed E-state index contributed by atoms with van der Waals surface area (Å²) in [6.45, 7) is 8.23. The summed E-state index contributed by atoms with van der Waals surface area (Å²) < 4.78 is 4.48. The molecule has 118 valence electrons. The average Bonchev–Trinajstić information content (AvgIpc) is 2.71. The number of nitrogens with zero attached hydrogens (tertiary/aromatic N) is 3. The van der Waals surface area contributed by atoms with Crippen LogP contribution in [0.2, 0.25) is 0 Å². The molecule has 0 unspecified atom stereocenters. The standard InChI is InChI=1S/C13H22N4O4/c1-6-10-11(12(18)15(7-2)8-3)9(4)16(17(10)20)14-13(19)21-5/h6-8H2,1-5H3,(H,14,19). The van der Waals surface area contributed by atoms with Crippen LogP contribution in [-0.2, 0) is 11.2 Å². The Balaban J connectivity index is 3.35. The molecule has 0 aliphatic rings. The van der Waals surface area contributed by atoms with E-state index in [-0.39, 0.29) is 5.91 Å². The van der Waals surface area contributed by atoms with Crippen molar-refractivity contribution < 1.29 is 19.2 Å². The average molecular weight is 298 g/mol. The van der Waals surface area contributed by atoms with E-state index in [2.05, 4.69) is 10.2 Å². The zero-order valence-corrected chi connectivity index (χ0v) is 13.1. The van der Waals surface area contributed by atoms with Gasteiger partial charge in [0.2, 0.25) is 0 Å². The van der Waals surface area contributed by atoms with E-state index in [0.717, 1.165) is 4.79 Å². The van der Waals surface area contributed by atoms with Gasteiger partial charge < -0.3 is 14.8 Å². The van der Waals surface area contributed by atoms with E-state index < -0.39 is 6.09 Å². The molecule has 0 saturated carbocycles. The number of rotatable bonds is 5. The highest BCUT2D eigenvalue weighted by Crippen LogP contribution is 2.15. The van der Waals surface area contributed by atoms with Crippen molar-refractivity contribution in [2.75, 3.05) is 25.6 Å². The predicted octanol–water partition coefficient (Wildman–Crippen LogP) is 0.784. The molecule has 0 radical (unpaired) electrons. The van der Waals surface area contributed by atoms with Crippen LogP contribution in [0, 0.1) is 12.1 Å². The van der Waals surface area contributed by atoms with Crippen LogP contribution in [0.3, 0.4) is 0 Å². The van der Waals surface area contributed by atoms with E-state index in [1.54, 1.807) is 18.7 Å². The number of nitrogens with one attached hydrogen (secondary N) is 1. The van der Waals surface area contributed by atoms with Gasteiger partial charge in [0.1, 0.15) is 17.0 Å². The van der Waals surface area contributed by atoms with Crippen molar-refractivity contribution in [3.8, 4) is 0 Å². The minimum absolute atomic E-state index is 0.218. The second-order valence-corrected chi connectivity index (χ2v) is 4.43. The molecule has 8 nitrogen and oxygen atoms in total. The quantitative estimate of drug-likeness (QED) is 0.642. The number of methoxy groups -OCH3 is 1. The van der Waals surface area contributed by atoms with E-state index >= 15 is 0 Å². The van der Waals surface area contributed by atoms with Crippen molar-refractivity contribution in [1.29, 1.82) is 0 Å². The van der Waals surface area contributed by atoms with Crippen molar-refractivity contribution in [3.63, 3.8) is 0 Å². The predicted molar refractivity (Wildman–Crippen MR) is 76.5 cm³/mol. The van der Waals surface area contributed by atoms with Gasteiger partial charge in [0.25, 0.3) is 5.91 Å². The van der Waals surface area contributed by atoms with Crippen LogP contribution >= 0.6 is 0 Å². The number of hydrogen-bond donors (Lipinski definition) is 1. The zero-order valence-electron chi connectivity index (χ0n) is 13.1. The second kappa shape index (κ2) is 6.96. The number of carbonyl (C=O) groups is 2. The fraction of sp³-hybridized carbons (Fsp3) is 0.615. The van der Waals surface area contributed by atoms with Gasteiger partial charge in [-0.1, -0.05) is 17.1 Å². The molecule has 1 aromatic heterocycles. The molecule has 1 aromatic rings. The molecule has 0 aliphatic heterocycles. The summed E-state index contributed by atoms with van der Waals surface area (Å²) in [5.41, 5.74) is 3.31. The van der Waals surface area contributed by atoms with Gasteiger partial charge in [-0.2, -0.15) is 9.64 Å². The molecule has 0 aliphatic carbocycles. The monoisotopic (exact) mass is 298 g/mol. The highest BCUT2D eigenvalue weighted by molar-refractivity contribution is 5.96. The highest BCUT2D eigenvalue weighted by atomic mass is 16.6. The lowest BCUT2D eigenvalue weighted by atomic mass is 10.1. The van der Waals surface area contributed by atoms with Crippen LogP contribution in [0.5, 0.6) is 0 Å². The van der Waals surface area contributed by atoms with Crippen molar-refractivity contribution in [2.24, 2.45) is 0 Å². The Bertz CT molecular complexity index is 535. The number of aromatic nitrogens is 2. The lowest BCUT2D eigenvalue weighted by Crippen LogP contribution is -2.47. The van der Waals surface area contributed by atoms with Gasteiger partial charge in [-0.25, -0.2) is 0 Å². The fourth-order valence-electron chi connectivity index (χ4n) is 2.19. The van der Waals surface area contributed by atoms with Crippen LogP contribution in [0.25, 0.3) is 0 Å². The lowest BCUT2D eigenvalue weighted by Gasteiger charge is -2.18. The number of amides is 2. The van der Waals surface area contributed by atoms with Gasteiger partial charge in [0, 0.05) is 19.5 Å². The third-order valence-corrected chi connectivity index (χ3v) is 3.36. The number of ether oxygens (including phenoxy) is 1. The first-order valence-corrected chi connectivity index (χ1v) is 6.90. The van der Waals surface area contributed by atoms with Crippen molar-refractivity contribution in [3.05, 3.63) is 22.2 Å². The van der Waals surface area contributed by atoms with Crippen LogP contribution in [0.1, 0.15) is 42.5 Å². The third-order valence-electron chi connectivity index (χ3n) is 3.36. The molecule has 0 saturated heterocycles. The second-order valence-electron chi connectivity index (χ2n) is 4.43. The van der Waals surface area contributed by atoms with E-state index in [1.165, 1.54) is 7.11 Å². The van der Waals surface area contributed by atoms with Gasteiger partial charge in [-0.15, -0.1) is 0 Å². The van der Waals surface area contributed by atoms with Gasteiger partial charge in [0.15, 0.2) is 0 Å².